The Morgan fingerprint density at radius 1 is 1.32 bits per heavy atom. The van der Waals surface area contributed by atoms with Gasteiger partial charge in [0.05, 0.1) is 12.3 Å². The van der Waals surface area contributed by atoms with Crippen molar-refractivity contribution in [2.45, 2.75) is 39.7 Å². The Balaban J connectivity index is 2.04. The van der Waals surface area contributed by atoms with Crippen LogP contribution in [0.15, 0.2) is 24.3 Å². The van der Waals surface area contributed by atoms with Gasteiger partial charge in [-0.05, 0) is 23.1 Å². The van der Waals surface area contributed by atoms with Gasteiger partial charge in [-0.15, -0.1) is 11.8 Å². The van der Waals surface area contributed by atoms with Crippen molar-refractivity contribution in [1.82, 2.24) is 4.90 Å². The lowest BCUT2D eigenvalue weighted by molar-refractivity contribution is -0.137. The van der Waals surface area contributed by atoms with Gasteiger partial charge in [-0.2, -0.15) is 0 Å². The highest BCUT2D eigenvalue weighted by atomic mass is 32.2. The fourth-order valence-electron chi connectivity index (χ4n) is 2.62. The van der Waals surface area contributed by atoms with E-state index in [-0.39, 0.29) is 23.7 Å². The van der Waals surface area contributed by atoms with Gasteiger partial charge in [0, 0.05) is 17.9 Å². The molecule has 2 rings (SSSR count). The third-order valence-electron chi connectivity index (χ3n) is 3.74. The maximum absolute atomic E-state index is 12.6. The van der Waals surface area contributed by atoms with Crippen LogP contribution in [0.5, 0.6) is 0 Å². The van der Waals surface area contributed by atoms with E-state index in [1.165, 1.54) is 0 Å². The number of hydrogen-bond donors (Lipinski definition) is 2. The fraction of sp³-hybridized carbons (Fsp3) is 0.500. The third kappa shape index (κ3) is 5.77. The van der Waals surface area contributed by atoms with Gasteiger partial charge in [0.2, 0.25) is 11.8 Å². The molecule has 0 spiro atoms. The van der Waals surface area contributed by atoms with Gasteiger partial charge in [-0.25, -0.2) is 0 Å². The summed E-state index contributed by atoms with van der Waals surface area (Å²) in [5, 5.41) is 11.7. The predicted molar refractivity (Wildman–Crippen MR) is 98.4 cm³/mol. The molecular weight excluding hydrogens is 340 g/mol. The molecule has 1 aliphatic rings. The molecule has 1 fully saturated rings. The Hall–Kier alpha value is -2.02. The van der Waals surface area contributed by atoms with Crippen molar-refractivity contribution in [2.24, 2.45) is 5.41 Å². The number of amides is 2. The van der Waals surface area contributed by atoms with E-state index in [0.717, 1.165) is 0 Å². The fourth-order valence-corrected chi connectivity index (χ4v) is 3.80. The molecule has 1 saturated heterocycles. The van der Waals surface area contributed by atoms with Crippen LogP contribution in [0.25, 0.3) is 0 Å². The molecule has 1 aromatic rings. The van der Waals surface area contributed by atoms with Gasteiger partial charge in [-0.3, -0.25) is 14.4 Å². The number of carboxylic acid groups (broad SMARTS) is 1. The third-order valence-corrected chi connectivity index (χ3v) is 4.75. The molecule has 1 aliphatic heterocycles. The molecule has 0 bridgehead atoms. The van der Waals surface area contributed by atoms with Crippen molar-refractivity contribution >= 4 is 35.2 Å². The molecule has 0 aromatic heterocycles. The first-order valence-corrected chi connectivity index (χ1v) is 9.30. The number of nitrogens with one attached hydrogen (secondary N) is 1. The van der Waals surface area contributed by atoms with Gasteiger partial charge in [0.1, 0.15) is 6.04 Å². The van der Waals surface area contributed by atoms with Crippen molar-refractivity contribution in [1.29, 1.82) is 0 Å². The number of thioether (sulfide) groups is 1. The molecule has 1 aromatic carbocycles. The minimum atomic E-state index is -0.922. The minimum absolute atomic E-state index is 0.0164. The van der Waals surface area contributed by atoms with Crippen molar-refractivity contribution in [3.05, 3.63) is 29.8 Å². The molecule has 0 aliphatic carbocycles. The van der Waals surface area contributed by atoms with E-state index in [1.54, 1.807) is 40.9 Å². The standard InChI is InChI=1S/C18H24N2O4S/c1-18(2,3)9-15(21)20-11-25-10-14(20)17(24)19-13-6-4-5-12(7-13)8-16(22)23/h4-7,14H,8-11H2,1-3H3,(H,19,24)(H,22,23). The second kappa shape index (κ2) is 7.91. The van der Waals surface area contributed by atoms with Crippen molar-refractivity contribution < 1.29 is 19.5 Å². The first-order valence-electron chi connectivity index (χ1n) is 8.14. The average molecular weight is 364 g/mol. The smallest absolute Gasteiger partial charge is 0.307 e. The van der Waals surface area contributed by atoms with Gasteiger partial charge in [0.15, 0.2) is 0 Å². The van der Waals surface area contributed by atoms with E-state index in [2.05, 4.69) is 5.32 Å². The number of anilines is 1. The minimum Gasteiger partial charge on any atom is -0.481 e. The molecular formula is C18H24N2O4S. The number of carbonyl (C=O) groups is 3. The number of nitrogens with zero attached hydrogens (tertiary/aromatic N) is 1. The zero-order valence-electron chi connectivity index (χ0n) is 14.7. The van der Waals surface area contributed by atoms with E-state index >= 15 is 0 Å². The molecule has 1 unspecified atom stereocenters. The highest BCUT2D eigenvalue weighted by molar-refractivity contribution is 7.99. The number of benzene rings is 1. The van der Waals surface area contributed by atoms with Crippen LogP contribution in [0.4, 0.5) is 5.69 Å². The molecule has 0 saturated carbocycles. The largest absolute Gasteiger partial charge is 0.481 e. The molecule has 2 N–H and O–H groups in total. The first-order chi connectivity index (χ1) is 11.7. The lowest BCUT2D eigenvalue weighted by Gasteiger charge is -2.26. The van der Waals surface area contributed by atoms with Crippen molar-refractivity contribution in [3.8, 4) is 0 Å². The maximum atomic E-state index is 12.6. The van der Waals surface area contributed by atoms with Gasteiger partial charge >= 0.3 is 5.97 Å². The van der Waals surface area contributed by atoms with E-state index in [0.29, 0.717) is 29.3 Å². The van der Waals surface area contributed by atoms with Crippen LogP contribution in [0.3, 0.4) is 0 Å². The highest BCUT2D eigenvalue weighted by Gasteiger charge is 2.35. The Morgan fingerprint density at radius 2 is 2.04 bits per heavy atom. The summed E-state index contributed by atoms with van der Waals surface area (Å²) in [5.74, 6) is -0.0885. The van der Waals surface area contributed by atoms with Crippen LogP contribution in [-0.2, 0) is 20.8 Å². The molecule has 1 atom stereocenters. The summed E-state index contributed by atoms with van der Waals surface area (Å²) in [6, 6.07) is 6.28. The number of carbonyl (C=O) groups excluding carboxylic acids is 2. The molecule has 2 amide bonds. The number of rotatable bonds is 5. The second-order valence-corrected chi connectivity index (χ2v) is 8.38. The van der Waals surface area contributed by atoms with Crippen molar-refractivity contribution in [2.75, 3.05) is 16.9 Å². The summed E-state index contributed by atoms with van der Waals surface area (Å²) in [5.41, 5.74) is 1.03. The summed E-state index contributed by atoms with van der Waals surface area (Å²) >= 11 is 1.56. The SMILES string of the molecule is CC(C)(C)CC(=O)N1CSCC1C(=O)Nc1cccc(CC(=O)O)c1. The van der Waals surface area contributed by atoms with Gasteiger partial charge in [0.25, 0.3) is 0 Å². The van der Waals surface area contributed by atoms with Gasteiger partial charge < -0.3 is 15.3 Å². The molecule has 136 valence electrons. The Kier molecular flexibility index (Phi) is 6.11. The molecule has 6 nitrogen and oxygen atoms in total. The number of hydrogen-bond acceptors (Lipinski definition) is 4. The zero-order valence-corrected chi connectivity index (χ0v) is 15.6. The summed E-state index contributed by atoms with van der Waals surface area (Å²) in [7, 11) is 0. The zero-order chi connectivity index (χ0) is 18.6. The molecule has 1 heterocycles. The molecule has 25 heavy (non-hydrogen) atoms. The van der Waals surface area contributed by atoms with Crippen LogP contribution in [0, 0.1) is 5.41 Å². The van der Waals surface area contributed by atoms with E-state index in [9.17, 15) is 14.4 Å². The Bertz CT molecular complexity index is 669. The maximum Gasteiger partial charge on any atom is 0.307 e. The lowest BCUT2D eigenvalue weighted by atomic mass is 9.91. The lowest BCUT2D eigenvalue weighted by Crippen LogP contribution is -2.45. The highest BCUT2D eigenvalue weighted by Crippen LogP contribution is 2.27. The summed E-state index contributed by atoms with van der Waals surface area (Å²) in [6.45, 7) is 5.99. The normalized spacial score (nSPS) is 17.4. The molecule has 7 heteroatoms. The number of carboxylic acids is 1. The first kappa shape index (κ1) is 19.3. The van der Waals surface area contributed by atoms with Crippen LogP contribution >= 0.6 is 11.8 Å². The summed E-state index contributed by atoms with van der Waals surface area (Å²) in [4.78, 5) is 37.5. The van der Waals surface area contributed by atoms with Gasteiger partial charge in [-0.1, -0.05) is 32.9 Å². The topological polar surface area (TPSA) is 86.7 Å². The average Bonchev–Trinajstić information content (AvgIpc) is 2.94. The summed E-state index contributed by atoms with van der Waals surface area (Å²) < 4.78 is 0. The van der Waals surface area contributed by atoms with Crippen molar-refractivity contribution in [3.63, 3.8) is 0 Å². The Morgan fingerprint density at radius 3 is 2.68 bits per heavy atom. The second-order valence-electron chi connectivity index (χ2n) is 7.38. The quantitative estimate of drug-likeness (QED) is 0.839. The van der Waals surface area contributed by atoms with E-state index in [1.807, 2.05) is 20.8 Å². The summed E-state index contributed by atoms with van der Waals surface area (Å²) in [6.07, 6.45) is 0.296. The van der Waals surface area contributed by atoms with Crippen LogP contribution < -0.4 is 5.32 Å². The predicted octanol–water partition coefficient (Wildman–Crippen LogP) is 2.59. The van der Waals surface area contributed by atoms with E-state index in [4.69, 9.17) is 5.11 Å². The van der Waals surface area contributed by atoms with E-state index < -0.39 is 12.0 Å². The number of aliphatic carboxylic acids is 1. The van der Waals surface area contributed by atoms with Crippen LogP contribution in [0.1, 0.15) is 32.8 Å². The monoisotopic (exact) mass is 364 g/mol. The Labute approximate surface area is 152 Å². The molecule has 0 radical (unpaired) electrons. The van der Waals surface area contributed by atoms with Crippen LogP contribution in [-0.4, -0.2) is 45.5 Å². The van der Waals surface area contributed by atoms with Crippen LogP contribution in [0.2, 0.25) is 0 Å².